The normalized spacial score (nSPS) is 17.1. The fourth-order valence-corrected chi connectivity index (χ4v) is 4.91. The lowest BCUT2D eigenvalue weighted by Crippen LogP contribution is -2.26. The van der Waals surface area contributed by atoms with Crippen LogP contribution in [0.5, 0.6) is 5.75 Å². The Morgan fingerprint density at radius 1 is 1.18 bits per heavy atom. The molecule has 0 bridgehead atoms. The molecule has 0 spiro atoms. The maximum atomic E-state index is 9.75. The van der Waals surface area contributed by atoms with E-state index < -0.39 is 0 Å². The zero-order chi connectivity index (χ0) is 23.7. The zero-order valence-electron chi connectivity index (χ0n) is 19.4. The van der Waals surface area contributed by atoms with Gasteiger partial charge in [-0.25, -0.2) is 9.97 Å². The van der Waals surface area contributed by atoms with Gasteiger partial charge in [-0.05, 0) is 65.8 Å². The zero-order valence-corrected chi connectivity index (χ0v) is 20.2. The van der Waals surface area contributed by atoms with Gasteiger partial charge >= 0.3 is 0 Å². The molecule has 1 saturated heterocycles. The van der Waals surface area contributed by atoms with E-state index in [1.54, 1.807) is 6.20 Å². The predicted molar refractivity (Wildman–Crippen MR) is 133 cm³/mol. The van der Waals surface area contributed by atoms with Gasteiger partial charge in [-0.3, -0.25) is 0 Å². The van der Waals surface area contributed by atoms with Crippen molar-refractivity contribution in [1.29, 1.82) is 5.26 Å². The first-order valence-electron chi connectivity index (χ1n) is 11.6. The molecule has 5 rings (SSSR count). The van der Waals surface area contributed by atoms with Gasteiger partial charge in [0.15, 0.2) is 0 Å². The maximum Gasteiger partial charge on any atom is 0.227 e. The molecule has 2 aromatic carbocycles. The van der Waals surface area contributed by atoms with Gasteiger partial charge in [0, 0.05) is 29.6 Å². The number of rotatable bonds is 5. The van der Waals surface area contributed by atoms with Crippen molar-refractivity contribution >= 4 is 23.2 Å². The number of ether oxygens (including phenoxy) is 2. The van der Waals surface area contributed by atoms with Crippen LogP contribution in [0.25, 0.3) is 11.3 Å². The third kappa shape index (κ3) is 4.59. The van der Waals surface area contributed by atoms with Crippen LogP contribution in [0.15, 0.2) is 42.6 Å². The molecule has 1 N–H and O–H groups in total. The summed E-state index contributed by atoms with van der Waals surface area (Å²) in [6.45, 7) is 5.87. The van der Waals surface area contributed by atoms with Crippen molar-refractivity contribution in [3.05, 3.63) is 64.3 Å². The largest absolute Gasteiger partial charge is 0.488 e. The second kappa shape index (κ2) is 9.25. The van der Waals surface area contributed by atoms with Crippen LogP contribution in [0.2, 0.25) is 5.02 Å². The van der Waals surface area contributed by atoms with Crippen LogP contribution in [0.1, 0.15) is 49.8 Å². The standard InChI is InChI=1S/C27H27ClN4O2/c1-27(2)9-5-21-18(16-29)13-17(14-22(21)27)23-6-10-30-26(31-23)32-24-15-19(28)3-4-25(24)34-20-7-11-33-12-8-20/h3-4,6,10,13-15,20H,5,7-9,11-12H2,1-2H3,(H,30,31,32). The Balaban J connectivity index is 1.45. The number of hydrogen-bond donors (Lipinski definition) is 1. The highest BCUT2D eigenvalue weighted by atomic mass is 35.5. The van der Waals surface area contributed by atoms with E-state index in [2.05, 4.69) is 36.3 Å². The number of fused-ring (bicyclic) bond motifs is 1. The summed E-state index contributed by atoms with van der Waals surface area (Å²) in [6, 6.07) is 13.9. The summed E-state index contributed by atoms with van der Waals surface area (Å²) >= 11 is 6.28. The first-order valence-corrected chi connectivity index (χ1v) is 12.0. The number of halogens is 1. The van der Waals surface area contributed by atoms with Gasteiger partial charge < -0.3 is 14.8 Å². The van der Waals surface area contributed by atoms with E-state index in [1.807, 2.05) is 30.3 Å². The van der Waals surface area contributed by atoms with E-state index in [1.165, 1.54) is 5.56 Å². The Bertz CT molecular complexity index is 1260. The lowest BCUT2D eigenvalue weighted by atomic mass is 9.84. The monoisotopic (exact) mass is 474 g/mol. The summed E-state index contributed by atoms with van der Waals surface area (Å²) in [4.78, 5) is 9.17. The Hall–Kier alpha value is -3.14. The second-order valence-electron chi connectivity index (χ2n) is 9.51. The topological polar surface area (TPSA) is 80.1 Å². The average molecular weight is 475 g/mol. The number of aromatic nitrogens is 2. The summed E-state index contributed by atoms with van der Waals surface area (Å²) in [5.74, 6) is 1.14. The molecule has 7 heteroatoms. The molecule has 1 aromatic heterocycles. The van der Waals surface area contributed by atoms with Gasteiger partial charge in [0.1, 0.15) is 11.9 Å². The lowest BCUT2D eigenvalue weighted by Gasteiger charge is -2.24. The summed E-state index contributed by atoms with van der Waals surface area (Å²) in [7, 11) is 0. The van der Waals surface area contributed by atoms with Gasteiger partial charge in [-0.2, -0.15) is 5.26 Å². The van der Waals surface area contributed by atoms with E-state index in [0.29, 0.717) is 35.6 Å². The van der Waals surface area contributed by atoms with Gasteiger partial charge in [-0.15, -0.1) is 0 Å². The van der Waals surface area contributed by atoms with Gasteiger partial charge in [0.2, 0.25) is 5.95 Å². The number of hydrogen-bond acceptors (Lipinski definition) is 6. The van der Waals surface area contributed by atoms with Crippen LogP contribution in [0.4, 0.5) is 11.6 Å². The maximum absolute atomic E-state index is 9.75. The molecule has 2 heterocycles. The average Bonchev–Trinajstić information content (AvgIpc) is 3.15. The highest BCUT2D eigenvalue weighted by Crippen LogP contribution is 2.42. The number of nitrogens with zero attached hydrogens (tertiary/aromatic N) is 3. The SMILES string of the molecule is CC1(C)CCc2c(C#N)cc(-c3ccnc(Nc4cc(Cl)ccc4OC4CCOCC4)n3)cc21. The molecule has 0 unspecified atom stereocenters. The van der Waals surface area contributed by atoms with Gasteiger partial charge in [0.25, 0.3) is 0 Å². The Kier molecular flexibility index (Phi) is 6.16. The van der Waals surface area contributed by atoms with E-state index in [0.717, 1.165) is 48.1 Å². The van der Waals surface area contributed by atoms with Crippen molar-refractivity contribution in [1.82, 2.24) is 9.97 Å². The van der Waals surface area contributed by atoms with Crippen LogP contribution in [0.3, 0.4) is 0 Å². The number of anilines is 2. The summed E-state index contributed by atoms with van der Waals surface area (Å²) in [5, 5.41) is 13.6. The molecule has 1 aliphatic carbocycles. The molecule has 0 atom stereocenters. The fourth-order valence-electron chi connectivity index (χ4n) is 4.74. The number of nitriles is 1. The molecule has 174 valence electrons. The number of nitrogens with one attached hydrogen (secondary N) is 1. The van der Waals surface area contributed by atoms with E-state index >= 15 is 0 Å². The number of benzene rings is 2. The molecule has 0 saturated carbocycles. The first kappa shape index (κ1) is 22.6. The molecular formula is C27H27ClN4O2. The predicted octanol–water partition coefficient (Wildman–Crippen LogP) is 6.19. The molecule has 3 aromatic rings. The van der Waals surface area contributed by atoms with E-state index in [-0.39, 0.29) is 11.5 Å². The van der Waals surface area contributed by atoms with Gasteiger partial charge in [-0.1, -0.05) is 25.4 Å². The van der Waals surface area contributed by atoms with Crippen LogP contribution in [-0.2, 0) is 16.6 Å². The van der Waals surface area contributed by atoms with Crippen LogP contribution < -0.4 is 10.1 Å². The first-order chi connectivity index (χ1) is 16.4. The summed E-state index contributed by atoms with van der Waals surface area (Å²) in [5.41, 5.74) is 5.56. The van der Waals surface area contributed by atoms with Crippen LogP contribution in [-0.4, -0.2) is 29.3 Å². The molecule has 0 radical (unpaired) electrons. The van der Waals surface area contributed by atoms with Crippen molar-refractivity contribution in [2.45, 2.75) is 51.0 Å². The molecule has 1 aliphatic heterocycles. The van der Waals surface area contributed by atoms with Crippen LogP contribution >= 0.6 is 11.6 Å². The minimum Gasteiger partial charge on any atom is -0.488 e. The molecule has 6 nitrogen and oxygen atoms in total. The van der Waals surface area contributed by atoms with Crippen LogP contribution in [0, 0.1) is 11.3 Å². The van der Waals surface area contributed by atoms with Crippen molar-refractivity contribution in [2.75, 3.05) is 18.5 Å². The third-order valence-corrected chi connectivity index (χ3v) is 6.94. The summed E-state index contributed by atoms with van der Waals surface area (Å²) in [6.07, 6.45) is 5.50. The third-order valence-electron chi connectivity index (χ3n) is 6.70. The molecule has 0 amide bonds. The second-order valence-corrected chi connectivity index (χ2v) is 9.94. The quantitative estimate of drug-likeness (QED) is 0.474. The van der Waals surface area contributed by atoms with Crippen molar-refractivity contribution < 1.29 is 9.47 Å². The minimum atomic E-state index is 0.0439. The highest BCUT2D eigenvalue weighted by Gasteiger charge is 2.32. The Morgan fingerprint density at radius 3 is 2.79 bits per heavy atom. The smallest absolute Gasteiger partial charge is 0.227 e. The fraction of sp³-hybridized carbons (Fsp3) is 0.370. The highest BCUT2D eigenvalue weighted by molar-refractivity contribution is 6.31. The van der Waals surface area contributed by atoms with Gasteiger partial charge in [0.05, 0.1) is 36.2 Å². The molecule has 34 heavy (non-hydrogen) atoms. The molecular weight excluding hydrogens is 448 g/mol. The molecule has 1 fully saturated rings. The van der Waals surface area contributed by atoms with E-state index in [9.17, 15) is 5.26 Å². The lowest BCUT2D eigenvalue weighted by molar-refractivity contribution is 0.0258. The molecule has 2 aliphatic rings. The Morgan fingerprint density at radius 2 is 2.00 bits per heavy atom. The van der Waals surface area contributed by atoms with E-state index in [4.69, 9.17) is 26.1 Å². The van der Waals surface area contributed by atoms with Crippen molar-refractivity contribution in [2.24, 2.45) is 0 Å². The Labute approximate surface area is 204 Å². The summed E-state index contributed by atoms with van der Waals surface area (Å²) < 4.78 is 11.7. The minimum absolute atomic E-state index is 0.0439. The van der Waals surface area contributed by atoms with Crippen molar-refractivity contribution in [3.8, 4) is 23.1 Å². The van der Waals surface area contributed by atoms with Crippen molar-refractivity contribution in [3.63, 3.8) is 0 Å².